The first-order valence-electron chi connectivity index (χ1n) is 6.59. The number of carbonyl (C=O) groups excluding carboxylic acids is 1. The van der Waals surface area contributed by atoms with Crippen LogP contribution < -0.4 is 4.74 Å². The normalized spacial score (nSPS) is 10.3. The van der Waals surface area contributed by atoms with Gasteiger partial charge >= 0.3 is 0 Å². The second kappa shape index (κ2) is 6.85. The lowest BCUT2D eigenvalue weighted by molar-refractivity contribution is -0.116. The molecule has 20 heavy (non-hydrogen) atoms. The minimum Gasteiger partial charge on any atom is -0.489 e. The van der Waals surface area contributed by atoms with Crippen molar-refractivity contribution < 1.29 is 13.9 Å². The molecule has 0 aliphatic carbocycles. The van der Waals surface area contributed by atoms with Crippen molar-refractivity contribution in [3.8, 4) is 5.75 Å². The van der Waals surface area contributed by atoms with Crippen molar-refractivity contribution in [3.63, 3.8) is 0 Å². The second-order valence-electron chi connectivity index (χ2n) is 4.76. The molecule has 0 fully saturated rings. The van der Waals surface area contributed by atoms with E-state index < -0.39 is 0 Å². The summed E-state index contributed by atoms with van der Waals surface area (Å²) >= 11 is 0. The van der Waals surface area contributed by atoms with Gasteiger partial charge in [0.15, 0.2) is 0 Å². The minimum absolute atomic E-state index is 0.191. The van der Waals surface area contributed by atoms with Gasteiger partial charge in [0.1, 0.15) is 24.0 Å². The Bertz CT molecular complexity index is 576. The molecule has 0 heterocycles. The van der Waals surface area contributed by atoms with Gasteiger partial charge in [-0.25, -0.2) is 4.39 Å². The summed E-state index contributed by atoms with van der Waals surface area (Å²) in [7, 11) is 0. The zero-order chi connectivity index (χ0) is 14.4. The molecule has 2 rings (SSSR count). The van der Waals surface area contributed by atoms with Gasteiger partial charge in [-0.1, -0.05) is 24.3 Å². The molecule has 3 heteroatoms. The molecule has 2 aromatic carbocycles. The predicted molar refractivity (Wildman–Crippen MR) is 76.2 cm³/mol. The van der Waals surface area contributed by atoms with Gasteiger partial charge in [-0.15, -0.1) is 0 Å². The fourth-order valence-electron chi connectivity index (χ4n) is 1.87. The van der Waals surface area contributed by atoms with Crippen LogP contribution in [-0.2, 0) is 17.8 Å². The highest BCUT2D eigenvalue weighted by molar-refractivity contribution is 5.75. The van der Waals surface area contributed by atoms with Crippen molar-refractivity contribution in [3.05, 3.63) is 65.5 Å². The van der Waals surface area contributed by atoms with E-state index in [2.05, 4.69) is 0 Å². The van der Waals surface area contributed by atoms with Crippen molar-refractivity contribution >= 4 is 5.78 Å². The van der Waals surface area contributed by atoms with Crippen LogP contribution in [0.5, 0.6) is 5.75 Å². The fourth-order valence-corrected chi connectivity index (χ4v) is 1.87. The lowest BCUT2D eigenvalue weighted by Gasteiger charge is -2.07. The van der Waals surface area contributed by atoms with E-state index in [4.69, 9.17) is 4.74 Å². The van der Waals surface area contributed by atoms with Crippen LogP contribution >= 0.6 is 0 Å². The van der Waals surface area contributed by atoms with E-state index >= 15 is 0 Å². The average molecular weight is 272 g/mol. The summed E-state index contributed by atoms with van der Waals surface area (Å²) in [5.74, 6) is 0.669. The first kappa shape index (κ1) is 14.3. The molecule has 0 aliphatic heterocycles. The molecule has 0 bridgehead atoms. The summed E-state index contributed by atoms with van der Waals surface area (Å²) in [6, 6.07) is 14.0. The predicted octanol–water partition coefficient (Wildman–Crippen LogP) is 3.93. The maximum atomic E-state index is 13.0. The summed E-state index contributed by atoms with van der Waals surface area (Å²) in [6.07, 6.45) is 1.31. The van der Waals surface area contributed by atoms with E-state index in [-0.39, 0.29) is 11.6 Å². The summed E-state index contributed by atoms with van der Waals surface area (Å²) in [5, 5.41) is 0. The first-order chi connectivity index (χ1) is 9.63. The third-order valence-corrected chi connectivity index (χ3v) is 2.98. The van der Waals surface area contributed by atoms with Crippen LogP contribution in [0.2, 0.25) is 0 Å². The van der Waals surface area contributed by atoms with Crippen LogP contribution in [0.4, 0.5) is 4.39 Å². The molecule has 0 unspecified atom stereocenters. The van der Waals surface area contributed by atoms with Crippen molar-refractivity contribution in [2.45, 2.75) is 26.4 Å². The maximum Gasteiger partial charge on any atom is 0.130 e. The number of hydrogen-bond acceptors (Lipinski definition) is 2. The summed E-state index contributed by atoms with van der Waals surface area (Å²) in [4.78, 5) is 10.9. The lowest BCUT2D eigenvalue weighted by atomic mass is 10.1. The van der Waals surface area contributed by atoms with E-state index in [9.17, 15) is 9.18 Å². The van der Waals surface area contributed by atoms with Crippen molar-refractivity contribution in [1.29, 1.82) is 0 Å². The van der Waals surface area contributed by atoms with E-state index in [1.54, 1.807) is 13.0 Å². The van der Waals surface area contributed by atoms with Gasteiger partial charge in [-0.05, 0) is 48.7 Å². The van der Waals surface area contributed by atoms with Crippen LogP contribution in [0.1, 0.15) is 24.5 Å². The smallest absolute Gasteiger partial charge is 0.130 e. The Hall–Kier alpha value is -2.16. The van der Waals surface area contributed by atoms with Gasteiger partial charge in [0.2, 0.25) is 0 Å². The van der Waals surface area contributed by atoms with Crippen molar-refractivity contribution in [2.75, 3.05) is 0 Å². The van der Waals surface area contributed by atoms with Gasteiger partial charge < -0.3 is 9.53 Å². The topological polar surface area (TPSA) is 26.3 Å². The fraction of sp³-hybridized carbons (Fsp3) is 0.235. The number of ketones is 1. The molecule has 0 aliphatic rings. The highest BCUT2D eigenvalue weighted by Crippen LogP contribution is 2.15. The summed E-state index contributed by atoms with van der Waals surface area (Å²) in [5.41, 5.74) is 1.91. The molecule has 2 nitrogen and oxygen atoms in total. The van der Waals surface area contributed by atoms with Crippen LogP contribution in [-0.4, -0.2) is 5.78 Å². The number of halogens is 1. The number of hydrogen-bond donors (Lipinski definition) is 0. The van der Waals surface area contributed by atoms with E-state index in [0.717, 1.165) is 23.3 Å². The number of rotatable bonds is 6. The highest BCUT2D eigenvalue weighted by atomic mass is 19.1. The Balaban J connectivity index is 1.89. The number of ether oxygens (including phenoxy) is 1. The molecule has 104 valence electrons. The lowest BCUT2D eigenvalue weighted by Crippen LogP contribution is -1.97. The van der Waals surface area contributed by atoms with E-state index in [0.29, 0.717) is 13.0 Å². The van der Waals surface area contributed by atoms with Crippen LogP contribution in [0, 0.1) is 5.82 Å². The van der Waals surface area contributed by atoms with Crippen LogP contribution in [0.3, 0.4) is 0 Å². The van der Waals surface area contributed by atoms with Crippen molar-refractivity contribution in [1.82, 2.24) is 0 Å². The molecule has 0 spiro atoms. The van der Waals surface area contributed by atoms with Gasteiger partial charge in [-0.3, -0.25) is 0 Å². The molecule has 0 atom stereocenters. The zero-order valence-electron chi connectivity index (χ0n) is 11.4. The quantitative estimate of drug-likeness (QED) is 0.796. The van der Waals surface area contributed by atoms with E-state index in [1.807, 2.05) is 30.3 Å². The average Bonchev–Trinajstić information content (AvgIpc) is 2.44. The van der Waals surface area contributed by atoms with Gasteiger partial charge in [0, 0.05) is 6.42 Å². The first-order valence-corrected chi connectivity index (χ1v) is 6.59. The molecule has 0 saturated heterocycles. The number of Topliss-reactive ketones (excluding diaryl/α,β-unsaturated/α-hetero) is 1. The molecule has 2 aromatic rings. The van der Waals surface area contributed by atoms with Crippen LogP contribution in [0.25, 0.3) is 0 Å². The van der Waals surface area contributed by atoms with E-state index in [1.165, 1.54) is 12.1 Å². The molecular weight excluding hydrogens is 255 g/mol. The molecule has 0 aromatic heterocycles. The van der Waals surface area contributed by atoms with Gasteiger partial charge in [0.25, 0.3) is 0 Å². The minimum atomic E-state index is -0.259. The number of benzene rings is 2. The monoisotopic (exact) mass is 272 g/mol. The number of carbonyl (C=O) groups is 1. The van der Waals surface area contributed by atoms with Gasteiger partial charge in [0.05, 0.1) is 0 Å². The SMILES string of the molecule is CC(=O)CCc1ccc(OCc2cccc(F)c2)cc1. The molecule has 0 radical (unpaired) electrons. The molecule has 0 N–H and O–H groups in total. The zero-order valence-corrected chi connectivity index (χ0v) is 11.4. The maximum absolute atomic E-state index is 13.0. The Morgan fingerprint density at radius 2 is 1.85 bits per heavy atom. The Morgan fingerprint density at radius 3 is 2.50 bits per heavy atom. The Labute approximate surface area is 118 Å². The summed E-state index contributed by atoms with van der Waals surface area (Å²) in [6.45, 7) is 1.93. The standard InChI is InChI=1S/C17H17FO2/c1-13(19)5-6-14-7-9-17(10-8-14)20-12-15-3-2-4-16(18)11-15/h2-4,7-11H,5-6,12H2,1H3. The summed E-state index contributed by atoms with van der Waals surface area (Å²) < 4.78 is 18.6. The number of aryl methyl sites for hydroxylation is 1. The van der Waals surface area contributed by atoms with Crippen molar-refractivity contribution in [2.24, 2.45) is 0 Å². The Kier molecular flexibility index (Phi) is 4.88. The third kappa shape index (κ3) is 4.50. The van der Waals surface area contributed by atoms with Crippen LogP contribution in [0.15, 0.2) is 48.5 Å². The molecular formula is C17H17FO2. The largest absolute Gasteiger partial charge is 0.489 e. The van der Waals surface area contributed by atoms with Gasteiger partial charge in [-0.2, -0.15) is 0 Å². The second-order valence-corrected chi connectivity index (χ2v) is 4.76. The highest BCUT2D eigenvalue weighted by Gasteiger charge is 2.00. The third-order valence-electron chi connectivity index (χ3n) is 2.98. The molecule has 0 saturated carbocycles. The molecule has 0 amide bonds. The Morgan fingerprint density at radius 1 is 1.10 bits per heavy atom.